The molecule has 8 heteroatoms. The Labute approximate surface area is 163 Å². The molecule has 1 spiro atoms. The van der Waals surface area contributed by atoms with E-state index in [1.54, 1.807) is 11.0 Å². The summed E-state index contributed by atoms with van der Waals surface area (Å²) in [7, 11) is 0. The lowest BCUT2D eigenvalue weighted by molar-refractivity contribution is -0.137. The number of hydrogen-bond donors (Lipinski definition) is 1. The van der Waals surface area contributed by atoms with Crippen LogP contribution >= 0.6 is 36.2 Å². The van der Waals surface area contributed by atoms with E-state index in [0.717, 1.165) is 17.3 Å². The highest BCUT2D eigenvalue weighted by Crippen LogP contribution is 2.58. The van der Waals surface area contributed by atoms with Gasteiger partial charge in [0.05, 0.1) is 21.5 Å². The van der Waals surface area contributed by atoms with Gasteiger partial charge in [0.25, 0.3) is 0 Å². The summed E-state index contributed by atoms with van der Waals surface area (Å²) in [5, 5.41) is 3.00. The third-order valence-corrected chi connectivity index (χ3v) is 7.27. The molecule has 0 bridgehead atoms. The van der Waals surface area contributed by atoms with E-state index in [2.05, 4.69) is 5.32 Å². The Morgan fingerprint density at radius 2 is 1.73 bits per heavy atom. The third kappa shape index (κ3) is 2.39. The maximum absolute atomic E-state index is 13.7. The Balaban J connectivity index is 1.99. The summed E-state index contributed by atoms with van der Waals surface area (Å²) in [6, 6.07) is 13.0. The largest absolute Gasteiger partial charge is 0.418 e. The van der Waals surface area contributed by atoms with Crippen molar-refractivity contribution in [1.29, 1.82) is 0 Å². The fourth-order valence-electron chi connectivity index (χ4n) is 3.45. The van der Waals surface area contributed by atoms with Gasteiger partial charge in [-0.1, -0.05) is 54.8 Å². The zero-order valence-electron chi connectivity index (χ0n) is 13.5. The van der Waals surface area contributed by atoms with Crippen LogP contribution in [-0.2, 0) is 11.0 Å². The fourth-order valence-corrected chi connectivity index (χ4v) is 5.82. The Bertz CT molecular complexity index is 928. The smallest absolute Gasteiger partial charge is 0.347 e. The topological polar surface area (TPSA) is 15.3 Å². The number of hydrogen-bond acceptors (Lipinski definition) is 3. The second kappa shape index (κ2) is 5.94. The number of nitrogens with one attached hydrogen (secondary N) is 1. The highest BCUT2D eigenvalue weighted by atomic mass is 32.2. The van der Waals surface area contributed by atoms with Gasteiger partial charge in [-0.25, -0.2) is 0 Å². The molecule has 0 saturated carbocycles. The van der Waals surface area contributed by atoms with E-state index >= 15 is 0 Å². The molecule has 2 unspecified atom stereocenters. The van der Waals surface area contributed by atoms with Crippen LogP contribution in [0.1, 0.15) is 18.1 Å². The van der Waals surface area contributed by atoms with Crippen LogP contribution in [0.3, 0.4) is 0 Å². The van der Waals surface area contributed by atoms with Gasteiger partial charge < -0.3 is 10.2 Å². The van der Waals surface area contributed by atoms with Crippen molar-refractivity contribution < 1.29 is 13.2 Å². The monoisotopic (exact) mass is 410 g/mol. The van der Waals surface area contributed by atoms with Gasteiger partial charge in [0.15, 0.2) is 4.87 Å². The second-order valence-electron chi connectivity index (χ2n) is 6.09. The molecule has 134 valence electrons. The van der Waals surface area contributed by atoms with Crippen LogP contribution in [0.25, 0.3) is 0 Å². The highest BCUT2D eigenvalue weighted by molar-refractivity contribution is 8.05. The maximum atomic E-state index is 13.7. The predicted octanol–water partition coefficient (Wildman–Crippen LogP) is 5.58. The second-order valence-corrected chi connectivity index (χ2v) is 8.45. The summed E-state index contributed by atoms with van der Waals surface area (Å²) in [6.45, 7) is 1.90. The van der Waals surface area contributed by atoms with E-state index in [1.807, 2.05) is 31.2 Å². The number of benzene rings is 2. The summed E-state index contributed by atoms with van der Waals surface area (Å²) in [6.07, 6.45) is -4.49. The van der Waals surface area contributed by atoms with E-state index in [1.165, 1.54) is 23.9 Å². The molecule has 2 aromatic carbocycles. The van der Waals surface area contributed by atoms with Crippen molar-refractivity contribution in [1.82, 2.24) is 0 Å². The van der Waals surface area contributed by atoms with Crippen molar-refractivity contribution in [2.45, 2.75) is 23.2 Å². The Morgan fingerprint density at radius 3 is 2.46 bits per heavy atom. The van der Waals surface area contributed by atoms with Crippen molar-refractivity contribution in [3.05, 3.63) is 59.7 Å². The number of anilines is 2. The molecular formula is C18H13F3N2S3. The molecule has 1 saturated heterocycles. The zero-order valence-corrected chi connectivity index (χ0v) is 16.0. The van der Waals surface area contributed by atoms with Gasteiger partial charge in [0.2, 0.25) is 0 Å². The molecule has 2 heterocycles. The number of nitrogens with zero attached hydrogens (tertiary/aromatic N) is 1. The van der Waals surface area contributed by atoms with E-state index in [4.69, 9.17) is 24.4 Å². The fraction of sp³-hybridized carbons (Fsp3) is 0.222. The Morgan fingerprint density at radius 1 is 1.08 bits per heavy atom. The quantitative estimate of drug-likeness (QED) is 0.616. The molecule has 2 aliphatic heterocycles. The van der Waals surface area contributed by atoms with E-state index < -0.39 is 16.6 Å². The molecule has 0 amide bonds. The molecule has 1 N–H and O–H groups in total. The van der Waals surface area contributed by atoms with Gasteiger partial charge >= 0.3 is 6.18 Å². The van der Waals surface area contributed by atoms with Crippen molar-refractivity contribution in [2.24, 2.45) is 0 Å². The molecular weight excluding hydrogens is 397 g/mol. The van der Waals surface area contributed by atoms with Crippen molar-refractivity contribution in [3.8, 4) is 0 Å². The summed E-state index contributed by atoms with van der Waals surface area (Å²) in [5.41, 5.74) is 0.946. The van der Waals surface area contributed by atoms with Gasteiger partial charge in [0, 0.05) is 11.3 Å². The summed E-state index contributed by atoms with van der Waals surface area (Å²) in [4.78, 5) is 1.51. The molecule has 2 aromatic rings. The Kier molecular flexibility index (Phi) is 4.05. The number of para-hydroxylation sites is 2. The van der Waals surface area contributed by atoms with Crippen LogP contribution < -0.4 is 10.2 Å². The van der Waals surface area contributed by atoms with Crippen LogP contribution in [-0.4, -0.2) is 15.2 Å². The van der Waals surface area contributed by atoms with Crippen LogP contribution in [0.15, 0.2) is 48.5 Å². The molecule has 1 fully saturated rings. The first-order valence-corrected chi connectivity index (χ1v) is 9.55. The predicted molar refractivity (Wildman–Crippen MR) is 108 cm³/mol. The summed E-state index contributed by atoms with van der Waals surface area (Å²) < 4.78 is 41.0. The minimum Gasteiger partial charge on any atom is -0.347 e. The molecule has 0 aliphatic carbocycles. The number of fused-ring (bicyclic) bond motifs is 2. The number of thiocarbonyl (C=S) groups is 2. The maximum Gasteiger partial charge on any atom is 0.418 e. The summed E-state index contributed by atoms with van der Waals surface area (Å²) in [5.74, 6) is 0. The first-order valence-electron chi connectivity index (χ1n) is 7.86. The first-order chi connectivity index (χ1) is 12.3. The van der Waals surface area contributed by atoms with Gasteiger partial charge in [-0.15, -0.1) is 11.8 Å². The van der Waals surface area contributed by atoms with Gasteiger partial charge in [-0.3, -0.25) is 0 Å². The van der Waals surface area contributed by atoms with Crippen molar-refractivity contribution in [3.63, 3.8) is 0 Å². The van der Waals surface area contributed by atoms with Crippen molar-refractivity contribution >= 4 is 57.5 Å². The molecule has 2 nitrogen and oxygen atoms in total. The first kappa shape index (κ1) is 17.8. The van der Waals surface area contributed by atoms with E-state index in [9.17, 15) is 13.2 Å². The lowest BCUT2D eigenvalue weighted by Gasteiger charge is -2.36. The summed E-state index contributed by atoms with van der Waals surface area (Å²) >= 11 is 12.6. The van der Waals surface area contributed by atoms with Crippen LogP contribution in [0, 0.1) is 0 Å². The SMILES string of the molecule is CC1SC2(C(=S)Nc3ccccc32)N(c2ccccc2C(F)(F)F)C1=S. The van der Waals surface area contributed by atoms with Crippen LogP contribution in [0.5, 0.6) is 0 Å². The van der Waals surface area contributed by atoms with Crippen molar-refractivity contribution in [2.75, 3.05) is 10.2 Å². The van der Waals surface area contributed by atoms with Gasteiger partial charge in [0.1, 0.15) is 4.99 Å². The highest BCUT2D eigenvalue weighted by Gasteiger charge is 2.58. The standard InChI is InChI=1S/C18H13F3N2S3/c1-10-15(24)23(14-9-5-3-7-12(14)18(19,20)21)17(26-10)11-6-2-4-8-13(11)22-16(17)25/h2-10H,1H3,(H,22,25). The Hall–Kier alpha value is -1.64. The van der Waals surface area contributed by atoms with Crippen LogP contribution in [0.2, 0.25) is 0 Å². The average Bonchev–Trinajstić information content (AvgIpc) is 3.02. The molecule has 4 rings (SSSR count). The zero-order chi connectivity index (χ0) is 18.7. The molecule has 0 radical (unpaired) electrons. The number of alkyl halides is 3. The number of rotatable bonds is 1. The van der Waals surface area contributed by atoms with Gasteiger partial charge in [-0.2, -0.15) is 13.2 Å². The molecule has 2 aliphatic rings. The molecule has 26 heavy (non-hydrogen) atoms. The number of halogens is 3. The lowest BCUT2D eigenvalue weighted by Crippen LogP contribution is -2.46. The average molecular weight is 411 g/mol. The molecule has 0 aromatic heterocycles. The van der Waals surface area contributed by atoms with E-state index in [-0.39, 0.29) is 10.9 Å². The third-order valence-electron chi connectivity index (χ3n) is 4.53. The number of thioether (sulfide) groups is 1. The minimum absolute atomic E-state index is 0.0303. The lowest BCUT2D eigenvalue weighted by atomic mass is 10.0. The van der Waals surface area contributed by atoms with E-state index in [0.29, 0.717) is 9.98 Å². The molecule has 2 atom stereocenters. The van der Waals surface area contributed by atoms with Crippen LogP contribution in [0.4, 0.5) is 24.5 Å². The normalized spacial score (nSPS) is 24.9. The minimum atomic E-state index is -4.49. The van der Waals surface area contributed by atoms with Gasteiger partial charge in [-0.05, 0) is 25.1 Å².